The lowest BCUT2D eigenvalue weighted by atomic mass is 10.2. The topological polar surface area (TPSA) is 63.2 Å². The van der Waals surface area contributed by atoms with Crippen LogP contribution in [0.2, 0.25) is 5.15 Å². The smallest absolute Gasteiger partial charge is 0.267 e. The maximum Gasteiger partial charge on any atom is 0.267 e. The van der Waals surface area contributed by atoms with E-state index in [9.17, 15) is 4.79 Å². The van der Waals surface area contributed by atoms with E-state index in [1.807, 2.05) is 31.2 Å². The average Bonchev–Trinajstić information content (AvgIpc) is 2.50. The van der Waals surface area contributed by atoms with Crippen molar-refractivity contribution >= 4 is 28.9 Å². The van der Waals surface area contributed by atoms with Gasteiger partial charge in [-0.15, -0.1) is 0 Å². The molecule has 0 aliphatic carbocycles. The van der Waals surface area contributed by atoms with Gasteiger partial charge in [-0.3, -0.25) is 4.79 Å². The van der Waals surface area contributed by atoms with Gasteiger partial charge in [-0.05, 0) is 30.7 Å². The van der Waals surface area contributed by atoms with Gasteiger partial charge in [0.2, 0.25) is 0 Å². The Morgan fingerprint density at radius 2 is 2.29 bits per heavy atom. The Labute approximate surface area is 127 Å². The Bertz CT molecular complexity index is 690. The number of ether oxygens (including phenoxy) is 1. The zero-order valence-corrected chi connectivity index (χ0v) is 12.1. The highest BCUT2D eigenvalue weighted by atomic mass is 35.5. The first-order chi connectivity index (χ1) is 10.1. The summed E-state index contributed by atoms with van der Waals surface area (Å²) in [6.07, 6.45) is 1.03. The number of para-hydroxylation sites is 2. The predicted octanol–water partition coefficient (Wildman–Crippen LogP) is 2.86. The van der Waals surface area contributed by atoms with Crippen molar-refractivity contribution in [3.8, 4) is 5.75 Å². The molecule has 2 aromatic rings. The van der Waals surface area contributed by atoms with Crippen molar-refractivity contribution in [2.24, 2.45) is 0 Å². The number of nitrogens with one attached hydrogen (secondary N) is 2. The van der Waals surface area contributed by atoms with E-state index in [4.69, 9.17) is 16.3 Å². The summed E-state index contributed by atoms with van der Waals surface area (Å²) in [5, 5.41) is 6.19. The lowest BCUT2D eigenvalue weighted by Gasteiger charge is -2.26. The summed E-state index contributed by atoms with van der Waals surface area (Å²) in [6, 6.07) is 9.28. The number of rotatable bonds is 2. The summed E-state index contributed by atoms with van der Waals surface area (Å²) in [4.78, 5) is 16.3. The normalized spacial score (nSPS) is 16.4. The molecule has 1 aliphatic heterocycles. The summed E-state index contributed by atoms with van der Waals surface area (Å²) < 4.78 is 5.70. The second-order valence-electron chi connectivity index (χ2n) is 4.82. The van der Waals surface area contributed by atoms with Gasteiger partial charge in [-0.25, -0.2) is 4.98 Å². The molecule has 1 aromatic carbocycles. The minimum absolute atomic E-state index is 0.258. The molecule has 1 atom stereocenters. The molecule has 21 heavy (non-hydrogen) atoms. The molecule has 3 rings (SSSR count). The van der Waals surface area contributed by atoms with E-state index in [1.54, 1.807) is 12.3 Å². The van der Waals surface area contributed by atoms with Gasteiger partial charge in [0.25, 0.3) is 5.91 Å². The maximum atomic E-state index is 12.3. The first kappa shape index (κ1) is 13.7. The van der Waals surface area contributed by atoms with Crippen LogP contribution in [-0.2, 0) is 4.79 Å². The fourth-order valence-corrected chi connectivity index (χ4v) is 2.26. The summed E-state index contributed by atoms with van der Waals surface area (Å²) in [5.74, 6) is 0.406. The first-order valence-electron chi connectivity index (χ1n) is 6.56. The molecular formula is C15H14ClN3O2. The quantitative estimate of drug-likeness (QED) is 0.837. The molecular weight excluding hydrogens is 290 g/mol. The number of carbonyl (C=O) groups is 1. The van der Waals surface area contributed by atoms with Gasteiger partial charge in [0.1, 0.15) is 5.75 Å². The van der Waals surface area contributed by atoms with Gasteiger partial charge in [-0.2, -0.15) is 0 Å². The second kappa shape index (κ2) is 5.61. The van der Waals surface area contributed by atoms with Gasteiger partial charge in [0, 0.05) is 6.20 Å². The number of aryl methyl sites for hydroxylation is 1. The Morgan fingerprint density at radius 3 is 3.14 bits per heavy atom. The van der Waals surface area contributed by atoms with Gasteiger partial charge in [-0.1, -0.05) is 23.7 Å². The first-order valence-corrected chi connectivity index (χ1v) is 6.94. The molecule has 0 saturated carbocycles. The van der Waals surface area contributed by atoms with Crippen LogP contribution in [-0.4, -0.2) is 23.5 Å². The van der Waals surface area contributed by atoms with Crippen LogP contribution < -0.4 is 15.4 Å². The molecule has 1 amide bonds. The molecule has 1 aromatic heterocycles. The Kier molecular flexibility index (Phi) is 3.66. The molecule has 2 N–H and O–H groups in total. The number of anilines is 2. The number of pyridine rings is 1. The molecule has 0 spiro atoms. The molecule has 6 heteroatoms. The van der Waals surface area contributed by atoms with Gasteiger partial charge < -0.3 is 15.4 Å². The number of benzene rings is 1. The molecule has 0 bridgehead atoms. The minimum Gasteiger partial charge on any atom is -0.477 e. The van der Waals surface area contributed by atoms with Crippen LogP contribution in [0.3, 0.4) is 0 Å². The fraction of sp³-hybridized carbons (Fsp3) is 0.200. The third-order valence-electron chi connectivity index (χ3n) is 3.16. The van der Waals surface area contributed by atoms with Crippen LogP contribution in [0, 0.1) is 6.92 Å². The summed E-state index contributed by atoms with van der Waals surface area (Å²) in [5.41, 5.74) is 2.30. The summed E-state index contributed by atoms with van der Waals surface area (Å²) in [6.45, 7) is 2.29. The van der Waals surface area contributed by atoms with Gasteiger partial charge in [0.05, 0.1) is 17.9 Å². The maximum absolute atomic E-state index is 12.3. The molecule has 0 fully saturated rings. The van der Waals surface area contributed by atoms with E-state index < -0.39 is 6.10 Å². The molecule has 1 unspecified atom stereocenters. The zero-order valence-electron chi connectivity index (χ0n) is 11.4. The van der Waals surface area contributed by atoms with E-state index in [0.717, 1.165) is 11.3 Å². The van der Waals surface area contributed by atoms with E-state index in [1.165, 1.54) is 0 Å². The summed E-state index contributed by atoms with van der Waals surface area (Å²) in [7, 11) is 0. The van der Waals surface area contributed by atoms with Crippen molar-refractivity contribution in [1.82, 2.24) is 4.98 Å². The predicted molar refractivity (Wildman–Crippen MR) is 82.0 cm³/mol. The fourth-order valence-electron chi connectivity index (χ4n) is 2.11. The molecule has 1 aliphatic rings. The molecule has 108 valence electrons. The highest BCUT2D eigenvalue weighted by Gasteiger charge is 2.26. The van der Waals surface area contributed by atoms with Crippen molar-refractivity contribution < 1.29 is 9.53 Å². The largest absolute Gasteiger partial charge is 0.477 e. The number of amides is 1. The molecule has 2 heterocycles. The van der Waals surface area contributed by atoms with E-state index in [2.05, 4.69) is 15.6 Å². The zero-order chi connectivity index (χ0) is 14.8. The Hall–Kier alpha value is -2.27. The van der Waals surface area contributed by atoms with Crippen LogP contribution >= 0.6 is 11.6 Å². The van der Waals surface area contributed by atoms with Gasteiger partial charge in [0.15, 0.2) is 11.3 Å². The number of carbonyl (C=O) groups excluding carboxylic acids is 1. The van der Waals surface area contributed by atoms with Crippen molar-refractivity contribution in [3.05, 3.63) is 47.2 Å². The molecule has 0 radical (unpaired) electrons. The number of hydrogen-bond donors (Lipinski definition) is 2. The standard InChI is InChI=1S/C15H14ClN3O2/c1-9-6-11(14(16)18-7-9)19-15(20)13-8-17-10-4-2-3-5-12(10)21-13/h2-7,13,17H,8H2,1H3,(H,19,20). The molecule has 0 saturated heterocycles. The van der Waals surface area contributed by atoms with Crippen molar-refractivity contribution in [1.29, 1.82) is 0 Å². The number of nitrogens with zero attached hydrogens (tertiary/aromatic N) is 1. The highest BCUT2D eigenvalue weighted by molar-refractivity contribution is 6.32. The van der Waals surface area contributed by atoms with Crippen molar-refractivity contribution in [2.75, 3.05) is 17.2 Å². The van der Waals surface area contributed by atoms with Crippen LogP contribution in [0.4, 0.5) is 11.4 Å². The lowest BCUT2D eigenvalue weighted by Crippen LogP contribution is -2.41. The van der Waals surface area contributed by atoms with E-state index in [-0.39, 0.29) is 11.1 Å². The second-order valence-corrected chi connectivity index (χ2v) is 5.18. The van der Waals surface area contributed by atoms with Crippen LogP contribution in [0.25, 0.3) is 0 Å². The Morgan fingerprint density at radius 1 is 1.48 bits per heavy atom. The van der Waals surface area contributed by atoms with Crippen molar-refractivity contribution in [3.63, 3.8) is 0 Å². The number of fused-ring (bicyclic) bond motifs is 1. The average molecular weight is 304 g/mol. The van der Waals surface area contributed by atoms with Gasteiger partial charge >= 0.3 is 0 Å². The number of aromatic nitrogens is 1. The SMILES string of the molecule is Cc1cnc(Cl)c(NC(=O)C2CNc3ccccc3O2)c1. The number of halogens is 1. The van der Waals surface area contributed by atoms with Crippen LogP contribution in [0.15, 0.2) is 36.5 Å². The lowest BCUT2D eigenvalue weighted by molar-refractivity contribution is -0.122. The Balaban J connectivity index is 1.74. The molecule has 5 nitrogen and oxygen atoms in total. The summed E-state index contributed by atoms with van der Waals surface area (Å²) >= 11 is 5.98. The van der Waals surface area contributed by atoms with Crippen LogP contribution in [0.5, 0.6) is 5.75 Å². The van der Waals surface area contributed by atoms with E-state index >= 15 is 0 Å². The monoisotopic (exact) mass is 303 g/mol. The third kappa shape index (κ3) is 2.92. The van der Waals surface area contributed by atoms with Crippen LogP contribution in [0.1, 0.15) is 5.56 Å². The third-order valence-corrected chi connectivity index (χ3v) is 3.46. The minimum atomic E-state index is -0.614. The van der Waals surface area contributed by atoms with E-state index in [0.29, 0.717) is 18.0 Å². The highest BCUT2D eigenvalue weighted by Crippen LogP contribution is 2.29. The van der Waals surface area contributed by atoms with Crippen molar-refractivity contribution in [2.45, 2.75) is 13.0 Å². The number of hydrogen-bond acceptors (Lipinski definition) is 4.